The second kappa shape index (κ2) is 10.8. The number of para-hydroxylation sites is 2. The standard InChI is InChI=1S/C46H29NS/c1-4-13-30(14-5-1)40-29-41(31-15-12-20-35(27-31)47(33-16-6-2-7-17-33)34-18-8-3-9-19-34)37-24-23-32-28-42-36-21-10-11-22-43(36)48-46(42)39-26-25-38(40)45(37)44(32)39/h1-29H. The van der Waals surface area contributed by atoms with Crippen LogP contribution in [0.2, 0.25) is 0 Å². The van der Waals surface area contributed by atoms with E-state index >= 15 is 0 Å². The lowest BCUT2D eigenvalue weighted by atomic mass is 9.85. The van der Waals surface area contributed by atoms with E-state index in [1.54, 1.807) is 0 Å². The molecular formula is C46H29NS. The highest BCUT2D eigenvalue weighted by molar-refractivity contribution is 7.26. The van der Waals surface area contributed by atoms with E-state index < -0.39 is 0 Å². The summed E-state index contributed by atoms with van der Waals surface area (Å²) in [6.07, 6.45) is 0. The molecule has 0 unspecified atom stereocenters. The summed E-state index contributed by atoms with van der Waals surface area (Å²) in [5, 5.41) is 10.6. The number of thiophene rings is 1. The summed E-state index contributed by atoms with van der Waals surface area (Å²) in [6.45, 7) is 0. The molecule has 0 N–H and O–H groups in total. The fourth-order valence-electron chi connectivity index (χ4n) is 7.65. The molecule has 9 aromatic carbocycles. The van der Waals surface area contributed by atoms with Gasteiger partial charge < -0.3 is 4.90 Å². The molecule has 2 heteroatoms. The fraction of sp³-hybridized carbons (Fsp3) is 0. The molecule has 0 amide bonds. The van der Waals surface area contributed by atoms with Crippen LogP contribution in [0.1, 0.15) is 0 Å². The van der Waals surface area contributed by atoms with Gasteiger partial charge in [-0.05, 0) is 104 Å². The van der Waals surface area contributed by atoms with Crippen molar-refractivity contribution in [2.75, 3.05) is 4.90 Å². The van der Waals surface area contributed by atoms with Crippen molar-refractivity contribution in [3.8, 4) is 22.3 Å². The predicted molar refractivity (Wildman–Crippen MR) is 209 cm³/mol. The molecule has 48 heavy (non-hydrogen) atoms. The maximum absolute atomic E-state index is 2.42. The molecule has 224 valence electrons. The molecule has 0 spiro atoms. The zero-order chi connectivity index (χ0) is 31.6. The minimum absolute atomic E-state index is 1.13. The topological polar surface area (TPSA) is 3.24 Å². The summed E-state index contributed by atoms with van der Waals surface area (Å²) in [6, 6.07) is 64.3. The van der Waals surface area contributed by atoms with Gasteiger partial charge in [-0.2, -0.15) is 0 Å². The number of benzene rings is 9. The number of anilines is 3. The molecule has 0 radical (unpaired) electrons. The van der Waals surface area contributed by atoms with Gasteiger partial charge in [-0.1, -0.05) is 121 Å². The number of fused-ring (bicyclic) bond motifs is 4. The average Bonchev–Trinajstić information content (AvgIpc) is 3.53. The molecule has 0 fully saturated rings. The first kappa shape index (κ1) is 27.2. The Bertz CT molecular complexity index is 2720. The Morgan fingerprint density at radius 2 is 0.938 bits per heavy atom. The van der Waals surface area contributed by atoms with Crippen LogP contribution in [-0.4, -0.2) is 0 Å². The van der Waals surface area contributed by atoms with Crippen LogP contribution in [0.5, 0.6) is 0 Å². The fourth-order valence-corrected chi connectivity index (χ4v) is 8.87. The van der Waals surface area contributed by atoms with Crippen LogP contribution in [0, 0.1) is 0 Å². The van der Waals surface area contributed by atoms with E-state index in [9.17, 15) is 0 Å². The Kier molecular flexibility index (Phi) is 6.12. The predicted octanol–water partition coefficient (Wildman–Crippen LogP) is 13.8. The van der Waals surface area contributed by atoms with Crippen LogP contribution in [0.15, 0.2) is 176 Å². The first-order chi connectivity index (χ1) is 23.8. The van der Waals surface area contributed by atoms with Crippen LogP contribution in [-0.2, 0) is 0 Å². The van der Waals surface area contributed by atoms with Gasteiger partial charge in [0.05, 0.1) is 0 Å². The van der Waals surface area contributed by atoms with Gasteiger partial charge >= 0.3 is 0 Å². The molecule has 0 atom stereocenters. The van der Waals surface area contributed by atoms with Crippen LogP contribution in [0.3, 0.4) is 0 Å². The van der Waals surface area contributed by atoms with Gasteiger partial charge in [-0.25, -0.2) is 0 Å². The van der Waals surface area contributed by atoms with Gasteiger partial charge in [-0.15, -0.1) is 11.3 Å². The lowest BCUT2D eigenvalue weighted by Crippen LogP contribution is -2.09. The van der Waals surface area contributed by atoms with E-state index in [-0.39, 0.29) is 0 Å². The van der Waals surface area contributed by atoms with Crippen molar-refractivity contribution in [2.45, 2.75) is 0 Å². The molecule has 1 nitrogen and oxygen atoms in total. The molecule has 0 saturated carbocycles. The largest absolute Gasteiger partial charge is 0.310 e. The highest BCUT2D eigenvalue weighted by Gasteiger charge is 2.20. The molecule has 1 aromatic heterocycles. The lowest BCUT2D eigenvalue weighted by molar-refractivity contribution is 1.28. The van der Waals surface area contributed by atoms with E-state index in [0.717, 1.165) is 17.1 Å². The zero-order valence-corrected chi connectivity index (χ0v) is 26.9. The van der Waals surface area contributed by atoms with E-state index in [4.69, 9.17) is 0 Å². The highest BCUT2D eigenvalue weighted by atomic mass is 32.1. The van der Waals surface area contributed by atoms with Gasteiger partial charge in [0.2, 0.25) is 0 Å². The third-order valence-corrected chi connectivity index (χ3v) is 11.0. The SMILES string of the molecule is c1ccc(-c2cc(-c3cccc(N(c4ccccc4)c4ccccc4)c3)c3ccc4cc5c6ccccc6sc5c5ccc2c3c45)cc1. The Morgan fingerprint density at radius 3 is 1.69 bits per heavy atom. The van der Waals surface area contributed by atoms with Crippen molar-refractivity contribution >= 4 is 80.9 Å². The second-order valence-corrected chi connectivity index (χ2v) is 13.5. The Labute approximate surface area is 282 Å². The minimum Gasteiger partial charge on any atom is -0.310 e. The normalized spacial score (nSPS) is 11.8. The molecule has 0 bridgehead atoms. The van der Waals surface area contributed by atoms with Crippen molar-refractivity contribution in [1.29, 1.82) is 0 Å². The van der Waals surface area contributed by atoms with Crippen LogP contribution >= 0.6 is 11.3 Å². The molecular weight excluding hydrogens is 599 g/mol. The average molecular weight is 628 g/mol. The van der Waals surface area contributed by atoms with Crippen molar-refractivity contribution in [3.05, 3.63) is 176 Å². The van der Waals surface area contributed by atoms with Crippen molar-refractivity contribution in [2.24, 2.45) is 0 Å². The molecule has 0 aliphatic rings. The Hall–Kier alpha value is -5.96. The highest BCUT2D eigenvalue weighted by Crippen LogP contribution is 2.48. The summed E-state index contributed by atoms with van der Waals surface area (Å²) >= 11 is 1.91. The van der Waals surface area contributed by atoms with E-state index in [1.165, 1.54) is 74.7 Å². The van der Waals surface area contributed by atoms with Gasteiger partial charge in [0.25, 0.3) is 0 Å². The smallest absolute Gasteiger partial charge is 0.0467 e. The number of rotatable bonds is 5. The van der Waals surface area contributed by atoms with Crippen molar-refractivity contribution < 1.29 is 0 Å². The zero-order valence-electron chi connectivity index (χ0n) is 26.1. The Balaban J connectivity index is 1.28. The third kappa shape index (κ3) is 4.17. The summed E-state index contributed by atoms with van der Waals surface area (Å²) in [5.74, 6) is 0. The number of hydrogen-bond acceptors (Lipinski definition) is 2. The molecule has 10 aromatic rings. The summed E-state index contributed by atoms with van der Waals surface area (Å²) < 4.78 is 2.71. The maximum atomic E-state index is 2.42. The summed E-state index contributed by atoms with van der Waals surface area (Å²) in [4.78, 5) is 2.34. The monoisotopic (exact) mass is 627 g/mol. The van der Waals surface area contributed by atoms with Gasteiger partial charge in [0, 0.05) is 42.6 Å². The number of nitrogens with zero attached hydrogens (tertiary/aromatic N) is 1. The lowest BCUT2D eigenvalue weighted by Gasteiger charge is -2.26. The number of hydrogen-bond donors (Lipinski definition) is 0. The molecule has 0 saturated heterocycles. The molecule has 0 aliphatic heterocycles. The second-order valence-electron chi connectivity index (χ2n) is 12.5. The summed E-state index contributed by atoms with van der Waals surface area (Å²) in [5.41, 5.74) is 8.33. The summed E-state index contributed by atoms with van der Waals surface area (Å²) in [7, 11) is 0. The third-order valence-electron chi connectivity index (χ3n) is 9.77. The first-order valence-corrected chi connectivity index (χ1v) is 17.3. The van der Waals surface area contributed by atoms with E-state index in [1.807, 2.05) is 11.3 Å². The van der Waals surface area contributed by atoms with Gasteiger partial charge in [0.1, 0.15) is 0 Å². The van der Waals surface area contributed by atoms with Crippen molar-refractivity contribution in [3.63, 3.8) is 0 Å². The van der Waals surface area contributed by atoms with E-state index in [0.29, 0.717) is 0 Å². The molecule has 1 heterocycles. The maximum Gasteiger partial charge on any atom is 0.0467 e. The minimum atomic E-state index is 1.13. The van der Waals surface area contributed by atoms with E-state index in [2.05, 4.69) is 181 Å². The van der Waals surface area contributed by atoms with Crippen LogP contribution in [0.25, 0.3) is 74.7 Å². The van der Waals surface area contributed by atoms with Gasteiger partial charge in [-0.3, -0.25) is 0 Å². The van der Waals surface area contributed by atoms with Crippen molar-refractivity contribution in [1.82, 2.24) is 0 Å². The molecule has 0 aliphatic carbocycles. The van der Waals surface area contributed by atoms with Crippen LogP contribution in [0.4, 0.5) is 17.1 Å². The first-order valence-electron chi connectivity index (χ1n) is 16.4. The Morgan fingerprint density at radius 1 is 0.354 bits per heavy atom. The van der Waals surface area contributed by atoms with Crippen LogP contribution < -0.4 is 4.90 Å². The van der Waals surface area contributed by atoms with Gasteiger partial charge in [0.15, 0.2) is 0 Å². The molecule has 10 rings (SSSR count). The quantitative estimate of drug-likeness (QED) is 0.172.